The fourth-order valence-corrected chi connectivity index (χ4v) is 4.03. The van der Waals surface area contributed by atoms with E-state index in [9.17, 15) is 0 Å². The van der Waals surface area contributed by atoms with Crippen LogP contribution in [0.3, 0.4) is 0 Å². The molecule has 1 aromatic heterocycles. The number of halogens is 1. The predicted octanol–water partition coefficient (Wildman–Crippen LogP) is 5.64. The van der Waals surface area contributed by atoms with E-state index in [0.29, 0.717) is 12.0 Å². The second kappa shape index (κ2) is 5.64. The lowest BCUT2D eigenvalue weighted by molar-refractivity contribution is 0.186. The third kappa shape index (κ3) is 2.48. The molecule has 0 radical (unpaired) electrons. The van der Waals surface area contributed by atoms with Crippen molar-refractivity contribution in [3.8, 4) is 0 Å². The zero-order valence-corrected chi connectivity index (χ0v) is 14.2. The van der Waals surface area contributed by atoms with Gasteiger partial charge >= 0.3 is 0 Å². The van der Waals surface area contributed by atoms with Crippen LogP contribution in [0.25, 0.3) is 11.0 Å². The average Bonchev–Trinajstić information content (AvgIpc) is 2.83. The summed E-state index contributed by atoms with van der Waals surface area (Å²) in [5.74, 6) is 2.47. The highest BCUT2D eigenvalue weighted by Crippen LogP contribution is 2.41. The second-order valence-electron chi connectivity index (χ2n) is 6.73. The van der Waals surface area contributed by atoms with Crippen LogP contribution in [0.4, 0.5) is 0 Å². The fraction of sp³-hybridized carbons (Fsp3) is 0.611. The number of hydrogen-bond acceptors (Lipinski definition) is 1. The van der Waals surface area contributed by atoms with Crippen molar-refractivity contribution in [3.63, 3.8) is 0 Å². The molecule has 2 nitrogen and oxygen atoms in total. The summed E-state index contributed by atoms with van der Waals surface area (Å²) >= 11 is 6.45. The number of hydrogen-bond donors (Lipinski definition) is 0. The molecule has 0 saturated heterocycles. The highest BCUT2D eigenvalue weighted by atomic mass is 35.5. The summed E-state index contributed by atoms with van der Waals surface area (Å²) in [6.07, 6.45) is 3.88. The summed E-state index contributed by atoms with van der Waals surface area (Å²) in [5.41, 5.74) is 3.67. The molecular formula is C18H25ClN2. The molecule has 3 rings (SSSR count). The summed E-state index contributed by atoms with van der Waals surface area (Å²) in [6.45, 7) is 8.99. The molecule has 0 amide bonds. The fourth-order valence-electron chi connectivity index (χ4n) is 3.87. The van der Waals surface area contributed by atoms with E-state index in [1.54, 1.807) is 0 Å². The van der Waals surface area contributed by atoms with Gasteiger partial charge in [-0.15, -0.1) is 11.6 Å². The Morgan fingerprint density at radius 3 is 2.76 bits per heavy atom. The molecule has 0 bridgehead atoms. The number of fused-ring (bicyclic) bond motifs is 1. The van der Waals surface area contributed by atoms with Crippen LogP contribution >= 0.6 is 11.6 Å². The largest absolute Gasteiger partial charge is 0.323 e. The van der Waals surface area contributed by atoms with E-state index in [4.69, 9.17) is 16.6 Å². The van der Waals surface area contributed by atoms with Gasteiger partial charge in [-0.2, -0.15) is 0 Å². The van der Waals surface area contributed by atoms with E-state index in [-0.39, 0.29) is 5.38 Å². The van der Waals surface area contributed by atoms with Crippen molar-refractivity contribution < 1.29 is 0 Å². The molecule has 1 aliphatic rings. The van der Waals surface area contributed by atoms with Crippen molar-refractivity contribution in [1.82, 2.24) is 9.55 Å². The highest BCUT2D eigenvalue weighted by molar-refractivity contribution is 6.20. The van der Waals surface area contributed by atoms with Gasteiger partial charge in [0.05, 0.1) is 16.4 Å². The third-order valence-electron chi connectivity index (χ3n) is 5.29. The number of aromatic nitrogens is 2. The minimum absolute atomic E-state index is 0.0544. The normalized spacial score (nSPS) is 28.0. The molecule has 0 aliphatic heterocycles. The van der Waals surface area contributed by atoms with E-state index < -0.39 is 0 Å². The highest BCUT2D eigenvalue weighted by Gasteiger charge is 2.32. The van der Waals surface area contributed by atoms with Crippen LogP contribution in [0, 0.1) is 18.8 Å². The van der Waals surface area contributed by atoms with Crippen molar-refractivity contribution in [2.24, 2.45) is 11.8 Å². The first kappa shape index (κ1) is 14.9. The monoisotopic (exact) mass is 304 g/mol. The first-order chi connectivity index (χ1) is 10.0. The number of para-hydroxylation sites is 1. The van der Waals surface area contributed by atoms with Gasteiger partial charge in [0.1, 0.15) is 5.82 Å². The van der Waals surface area contributed by atoms with Crippen LogP contribution in [-0.2, 0) is 0 Å². The Labute approximate surface area is 132 Å². The average molecular weight is 305 g/mol. The molecule has 21 heavy (non-hydrogen) atoms. The summed E-state index contributed by atoms with van der Waals surface area (Å²) in [7, 11) is 0. The van der Waals surface area contributed by atoms with E-state index in [2.05, 4.69) is 43.5 Å². The molecule has 4 atom stereocenters. The molecule has 0 spiro atoms. The summed E-state index contributed by atoms with van der Waals surface area (Å²) in [5, 5.41) is -0.0544. The first-order valence-corrected chi connectivity index (χ1v) is 8.56. The maximum Gasteiger partial charge on any atom is 0.127 e. The van der Waals surface area contributed by atoms with E-state index in [0.717, 1.165) is 17.3 Å². The van der Waals surface area contributed by atoms with Crippen molar-refractivity contribution in [1.29, 1.82) is 0 Å². The number of aryl methyl sites for hydroxylation is 1. The van der Waals surface area contributed by atoms with Gasteiger partial charge in [0.2, 0.25) is 0 Å². The Morgan fingerprint density at radius 1 is 1.29 bits per heavy atom. The molecule has 4 unspecified atom stereocenters. The zero-order valence-electron chi connectivity index (χ0n) is 13.4. The lowest BCUT2D eigenvalue weighted by Gasteiger charge is -2.36. The van der Waals surface area contributed by atoms with Gasteiger partial charge in [0.15, 0.2) is 0 Å². The quantitative estimate of drug-likeness (QED) is 0.656. The minimum atomic E-state index is -0.0544. The van der Waals surface area contributed by atoms with Gasteiger partial charge in [-0.3, -0.25) is 0 Å². The molecule has 1 aromatic carbocycles. The van der Waals surface area contributed by atoms with Crippen LogP contribution in [0.1, 0.15) is 62.8 Å². The SMILES string of the molecule is Cc1cccc2nc(C(C)Cl)n(C3CCCC(C)C3C)c12. The minimum Gasteiger partial charge on any atom is -0.323 e. The maximum atomic E-state index is 6.45. The third-order valence-corrected chi connectivity index (χ3v) is 5.49. The Bertz CT molecular complexity index is 644. The second-order valence-corrected chi connectivity index (χ2v) is 7.39. The van der Waals surface area contributed by atoms with Gasteiger partial charge in [-0.25, -0.2) is 4.98 Å². The smallest absolute Gasteiger partial charge is 0.127 e. The van der Waals surface area contributed by atoms with Gasteiger partial charge < -0.3 is 4.57 Å². The van der Waals surface area contributed by atoms with Crippen LogP contribution in [0.2, 0.25) is 0 Å². The molecule has 1 saturated carbocycles. The van der Waals surface area contributed by atoms with E-state index in [1.807, 2.05) is 6.92 Å². The van der Waals surface area contributed by atoms with Crippen molar-refractivity contribution in [2.75, 3.05) is 0 Å². The maximum absolute atomic E-state index is 6.45. The molecule has 0 N–H and O–H groups in total. The summed E-state index contributed by atoms with van der Waals surface area (Å²) in [4.78, 5) is 4.84. The summed E-state index contributed by atoms with van der Waals surface area (Å²) < 4.78 is 2.46. The molecular weight excluding hydrogens is 280 g/mol. The van der Waals surface area contributed by atoms with Gasteiger partial charge in [-0.1, -0.05) is 38.8 Å². The van der Waals surface area contributed by atoms with Gasteiger partial charge in [-0.05, 0) is 43.7 Å². The van der Waals surface area contributed by atoms with Crippen LogP contribution in [0.15, 0.2) is 18.2 Å². The first-order valence-electron chi connectivity index (χ1n) is 8.12. The molecule has 1 aliphatic carbocycles. The van der Waals surface area contributed by atoms with Crippen LogP contribution in [-0.4, -0.2) is 9.55 Å². The number of nitrogens with zero attached hydrogens (tertiary/aromatic N) is 2. The van der Waals surface area contributed by atoms with Crippen molar-refractivity contribution >= 4 is 22.6 Å². The van der Waals surface area contributed by atoms with Crippen LogP contribution < -0.4 is 0 Å². The molecule has 114 valence electrons. The Morgan fingerprint density at radius 2 is 2.05 bits per heavy atom. The lowest BCUT2D eigenvalue weighted by Crippen LogP contribution is -2.28. The molecule has 1 heterocycles. The topological polar surface area (TPSA) is 17.8 Å². The van der Waals surface area contributed by atoms with Crippen molar-refractivity contribution in [2.45, 2.75) is 58.4 Å². The Hall–Kier alpha value is -1.02. The Balaban J connectivity index is 2.21. The zero-order chi connectivity index (χ0) is 15.1. The molecule has 2 aromatic rings. The molecule has 1 fully saturated rings. The number of benzene rings is 1. The predicted molar refractivity (Wildman–Crippen MR) is 90.0 cm³/mol. The summed E-state index contributed by atoms with van der Waals surface area (Å²) in [6, 6.07) is 6.90. The number of rotatable bonds is 2. The Kier molecular flexibility index (Phi) is 4.00. The van der Waals surface area contributed by atoms with E-state index in [1.165, 1.54) is 30.3 Å². The number of alkyl halides is 1. The van der Waals surface area contributed by atoms with Gasteiger partial charge in [0, 0.05) is 6.04 Å². The lowest BCUT2D eigenvalue weighted by atomic mass is 9.77. The number of imidazole rings is 1. The van der Waals surface area contributed by atoms with E-state index >= 15 is 0 Å². The van der Waals surface area contributed by atoms with Crippen molar-refractivity contribution in [3.05, 3.63) is 29.6 Å². The van der Waals surface area contributed by atoms with Crippen LogP contribution in [0.5, 0.6) is 0 Å². The molecule has 3 heteroatoms. The standard InChI is InChI=1S/C18H25ClN2/c1-11-7-6-10-16(13(11)3)21-17-12(2)8-5-9-15(17)20-18(21)14(4)19/h5,8-9,11,13-14,16H,6-7,10H2,1-4H3. The van der Waals surface area contributed by atoms with Gasteiger partial charge in [0.25, 0.3) is 0 Å².